The number of para-hydroxylation sites is 1. The zero-order valence-electron chi connectivity index (χ0n) is 13.4. The zero-order valence-corrected chi connectivity index (χ0v) is 15.0. The molecule has 0 atom stereocenters. The molecule has 6 nitrogen and oxygen atoms in total. The van der Waals surface area contributed by atoms with Gasteiger partial charge >= 0.3 is 6.09 Å². The lowest BCUT2D eigenvalue weighted by Gasteiger charge is -2.33. The van der Waals surface area contributed by atoms with E-state index in [9.17, 15) is 9.59 Å². The van der Waals surface area contributed by atoms with Crippen LogP contribution < -0.4 is 4.74 Å². The highest BCUT2D eigenvalue weighted by molar-refractivity contribution is 9.10. The Kier molecular flexibility index (Phi) is 5.55. The van der Waals surface area contributed by atoms with Crippen LogP contribution in [0, 0.1) is 0 Å². The SMILES string of the molecule is O=C(/C=C\c1ccc(Br)o1)N1CCN(C(=O)Oc2ccccc2)CC1. The molecule has 3 rings (SSSR count). The number of piperazine rings is 1. The fraction of sp³-hybridized carbons (Fsp3) is 0.222. The minimum Gasteiger partial charge on any atom is -0.450 e. The van der Waals surface area contributed by atoms with Crippen molar-refractivity contribution in [3.63, 3.8) is 0 Å². The number of nitrogens with zero attached hydrogens (tertiary/aromatic N) is 2. The maximum atomic E-state index is 12.2. The Bertz CT molecular complexity index is 764. The second-order valence-electron chi connectivity index (χ2n) is 5.47. The summed E-state index contributed by atoms with van der Waals surface area (Å²) >= 11 is 3.21. The summed E-state index contributed by atoms with van der Waals surface area (Å²) in [5.41, 5.74) is 0. The highest BCUT2D eigenvalue weighted by atomic mass is 79.9. The van der Waals surface area contributed by atoms with Gasteiger partial charge in [0.15, 0.2) is 4.67 Å². The highest BCUT2D eigenvalue weighted by Crippen LogP contribution is 2.15. The van der Waals surface area contributed by atoms with Gasteiger partial charge in [-0.2, -0.15) is 0 Å². The number of amides is 2. The smallest absolute Gasteiger partial charge is 0.415 e. The Morgan fingerprint density at radius 2 is 1.68 bits per heavy atom. The van der Waals surface area contributed by atoms with E-state index in [1.165, 1.54) is 6.08 Å². The van der Waals surface area contributed by atoms with Gasteiger partial charge < -0.3 is 19.0 Å². The largest absolute Gasteiger partial charge is 0.450 e. The molecule has 0 unspecified atom stereocenters. The maximum Gasteiger partial charge on any atom is 0.415 e. The predicted octanol–water partition coefficient (Wildman–Crippen LogP) is 3.40. The summed E-state index contributed by atoms with van der Waals surface area (Å²) in [5, 5.41) is 0. The lowest BCUT2D eigenvalue weighted by molar-refractivity contribution is -0.127. The third-order valence-electron chi connectivity index (χ3n) is 3.78. The van der Waals surface area contributed by atoms with Gasteiger partial charge in [-0.05, 0) is 46.3 Å². The van der Waals surface area contributed by atoms with Crippen molar-refractivity contribution < 1.29 is 18.7 Å². The van der Waals surface area contributed by atoms with Crippen LogP contribution in [0.3, 0.4) is 0 Å². The first kappa shape index (κ1) is 17.3. The molecule has 2 amide bonds. The molecule has 1 fully saturated rings. The van der Waals surface area contributed by atoms with E-state index < -0.39 is 6.09 Å². The maximum absolute atomic E-state index is 12.2. The summed E-state index contributed by atoms with van der Waals surface area (Å²) in [4.78, 5) is 27.6. The van der Waals surface area contributed by atoms with Crippen LogP contribution in [0.15, 0.2) is 57.6 Å². The first-order chi connectivity index (χ1) is 12.1. The number of hydrogen-bond acceptors (Lipinski definition) is 4. The molecule has 7 heteroatoms. The quantitative estimate of drug-likeness (QED) is 0.735. The van der Waals surface area contributed by atoms with Gasteiger partial charge in [0.25, 0.3) is 0 Å². The van der Waals surface area contributed by atoms with Gasteiger partial charge in [-0.25, -0.2) is 4.79 Å². The van der Waals surface area contributed by atoms with E-state index in [1.54, 1.807) is 40.1 Å². The Morgan fingerprint density at radius 1 is 1.00 bits per heavy atom. The number of halogens is 1. The van der Waals surface area contributed by atoms with Gasteiger partial charge in [0.2, 0.25) is 5.91 Å². The summed E-state index contributed by atoms with van der Waals surface area (Å²) in [5.74, 6) is 1.01. The predicted molar refractivity (Wildman–Crippen MR) is 96.1 cm³/mol. The van der Waals surface area contributed by atoms with E-state index in [0.717, 1.165) is 0 Å². The molecule has 0 saturated carbocycles. The number of rotatable bonds is 3. The molecule has 1 aromatic heterocycles. The molecule has 0 radical (unpaired) electrons. The Hall–Kier alpha value is -2.54. The minimum absolute atomic E-state index is 0.108. The van der Waals surface area contributed by atoms with E-state index in [0.29, 0.717) is 42.4 Å². The van der Waals surface area contributed by atoms with Gasteiger partial charge in [0.05, 0.1) is 0 Å². The molecule has 130 valence electrons. The molecule has 0 N–H and O–H groups in total. The Labute approximate surface area is 153 Å². The average Bonchev–Trinajstić information content (AvgIpc) is 3.06. The molecule has 1 aliphatic heterocycles. The van der Waals surface area contributed by atoms with Gasteiger partial charge in [0, 0.05) is 32.3 Å². The van der Waals surface area contributed by atoms with Crippen LogP contribution in [0.4, 0.5) is 4.79 Å². The normalized spacial score (nSPS) is 14.8. The van der Waals surface area contributed by atoms with Crippen LogP contribution in [0.2, 0.25) is 0 Å². The van der Waals surface area contributed by atoms with Crippen molar-refractivity contribution in [2.75, 3.05) is 26.2 Å². The van der Waals surface area contributed by atoms with Gasteiger partial charge in [0.1, 0.15) is 11.5 Å². The molecule has 2 aromatic rings. The van der Waals surface area contributed by atoms with E-state index in [4.69, 9.17) is 9.15 Å². The lowest BCUT2D eigenvalue weighted by Crippen LogP contribution is -2.51. The van der Waals surface area contributed by atoms with Crippen molar-refractivity contribution in [1.29, 1.82) is 0 Å². The number of ether oxygens (including phenoxy) is 1. The summed E-state index contributed by atoms with van der Waals surface area (Å²) in [7, 11) is 0. The Balaban J connectivity index is 1.48. The van der Waals surface area contributed by atoms with Crippen LogP contribution in [0.5, 0.6) is 5.75 Å². The van der Waals surface area contributed by atoms with Crippen molar-refractivity contribution in [3.05, 3.63) is 59.0 Å². The molecular weight excluding hydrogens is 388 g/mol. The highest BCUT2D eigenvalue weighted by Gasteiger charge is 2.24. The summed E-state index contributed by atoms with van der Waals surface area (Å²) in [6.45, 7) is 1.82. The van der Waals surface area contributed by atoms with Crippen molar-refractivity contribution in [1.82, 2.24) is 9.80 Å². The molecule has 1 aromatic carbocycles. The summed E-state index contributed by atoms with van der Waals surface area (Å²) in [6, 6.07) is 12.5. The van der Waals surface area contributed by atoms with Gasteiger partial charge in [-0.15, -0.1) is 0 Å². The van der Waals surface area contributed by atoms with Crippen LogP contribution in [-0.4, -0.2) is 48.0 Å². The second-order valence-corrected chi connectivity index (χ2v) is 6.25. The molecule has 1 aliphatic rings. The van der Waals surface area contributed by atoms with Crippen LogP contribution in [-0.2, 0) is 4.79 Å². The van der Waals surface area contributed by atoms with Gasteiger partial charge in [-0.3, -0.25) is 4.79 Å². The van der Waals surface area contributed by atoms with Crippen LogP contribution in [0.1, 0.15) is 5.76 Å². The fourth-order valence-electron chi connectivity index (χ4n) is 2.44. The van der Waals surface area contributed by atoms with Gasteiger partial charge in [-0.1, -0.05) is 18.2 Å². The molecule has 0 bridgehead atoms. The van der Waals surface area contributed by atoms with Crippen molar-refractivity contribution >= 4 is 34.0 Å². The molecule has 0 spiro atoms. The summed E-state index contributed by atoms with van der Waals surface area (Å²) < 4.78 is 11.2. The second kappa shape index (κ2) is 8.02. The fourth-order valence-corrected chi connectivity index (χ4v) is 2.76. The van der Waals surface area contributed by atoms with Crippen molar-refractivity contribution in [2.24, 2.45) is 0 Å². The molecule has 0 aliphatic carbocycles. The standard InChI is InChI=1S/C18H17BrN2O4/c19-16-8-6-15(24-16)7-9-17(22)20-10-12-21(13-11-20)18(23)25-14-4-2-1-3-5-14/h1-9H,10-13H2/b9-7-. The zero-order chi connectivity index (χ0) is 17.6. The summed E-state index contributed by atoms with van der Waals surface area (Å²) in [6.07, 6.45) is 2.71. The lowest BCUT2D eigenvalue weighted by atomic mass is 10.3. The number of carbonyl (C=O) groups is 2. The number of benzene rings is 1. The average molecular weight is 405 g/mol. The number of hydrogen-bond donors (Lipinski definition) is 0. The first-order valence-electron chi connectivity index (χ1n) is 7.86. The third kappa shape index (κ3) is 4.73. The number of furan rings is 1. The van der Waals surface area contributed by atoms with E-state index in [1.807, 2.05) is 18.2 Å². The topological polar surface area (TPSA) is 63.0 Å². The first-order valence-corrected chi connectivity index (χ1v) is 8.65. The minimum atomic E-state index is -0.394. The number of carbonyl (C=O) groups excluding carboxylic acids is 2. The molecule has 2 heterocycles. The molecule has 1 saturated heterocycles. The molecular formula is C18H17BrN2O4. The Morgan fingerprint density at radius 3 is 2.32 bits per heavy atom. The third-order valence-corrected chi connectivity index (χ3v) is 4.21. The monoisotopic (exact) mass is 404 g/mol. The van der Waals surface area contributed by atoms with Crippen LogP contribution >= 0.6 is 15.9 Å². The van der Waals surface area contributed by atoms with Crippen molar-refractivity contribution in [2.45, 2.75) is 0 Å². The van der Waals surface area contributed by atoms with Crippen molar-refractivity contribution in [3.8, 4) is 5.75 Å². The molecule has 25 heavy (non-hydrogen) atoms. The van der Waals surface area contributed by atoms with E-state index in [2.05, 4.69) is 15.9 Å². The van der Waals surface area contributed by atoms with Crippen LogP contribution in [0.25, 0.3) is 6.08 Å². The van der Waals surface area contributed by atoms with E-state index >= 15 is 0 Å². The van der Waals surface area contributed by atoms with E-state index in [-0.39, 0.29) is 5.91 Å².